The van der Waals surface area contributed by atoms with Crippen molar-refractivity contribution < 1.29 is 4.39 Å². The van der Waals surface area contributed by atoms with E-state index in [2.05, 4.69) is 6.08 Å². The molecular formula is C13H15ClFN. The van der Waals surface area contributed by atoms with Gasteiger partial charge in [-0.1, -0.05) is 29.3 Å². The molecule has 0 saturated carbocycles. The zero-order valence-corrected chi connectivity index (χ0v) is 9.80. The van der Waals surface area contributed by atoms with E-state index in [1.165, 1.54) is 17.7 Å². The van der Waals surface area contributed by atoms with Gasteiger partial charge in [0.25, 0.3) is 0 Å². The smallest absolute Gasteiger partial charge is 0.124 e. The first-order valence-electron chi connectivity index (χ1n) is 5.52. The van der Waals surface area contributed by atoms with Gasteiger partial charge in [0.05, 0.1) is 0 Å². The van der Waals surface area contributed by atoms with Gasteiger partial charge in [-0.05, 0) is 43.4 Å². The third-order valence-corrected chi connectivity index (χ3v) is 3.33. The van der Waals surface area contributed by atoms with Crippen LogP contribution in [0, 0.1) is 5.82 Å². The molecule has 2 N–H and O–H groups in total. The second-order valence-electron chi connectivity index (χ2n) is 4.31. The van der Waals surface area contributed by atoms with Crippen LogP contribution in [0.4, 0.5) is 4.39 Å². The lowest BCUT2D eigenvalue weighted by molar-refractivity contribution is 0.583. The lowest BCUT2D eigenvalue weighted by Crippen LogP contribution is -2.22. The van der Waals surface area contributed by atoms with Crippen molar-refractivity contribution in [3.05, 3.63) is 46.3 Å². The predicted octanol–water partition coefficient (Wildman–Crippen LogP) is 3.46. The quantitative estimate of drug-likeness (QED) is 0.786. The molecule has 1 aromatic rings. The summed E-state index contributed by atoms with van der Waals surface area (Å²) >= 11 is 5.99. The van der Waals surface area contributed by atoms with E-state index in [0.717, 1.165) is 31.2 Å². The first kappa shape index (κ1) is 11.6. The highest BCUT2D eigenvalue weighted by Gasteiger charge is 2.12. The van der Waals surface area contributed by atoms with E-state index in [4.69, 9.17) is 17.3 Å². The van der Waals surface area contributed by atoms with Gasteiger partial charge >= 0.3 is 0 Å². The molecule has 0 radical (unpaired) electrons. The van der Waals surface area contributed by atoms with E-state index in [9.17, 15) is 4.39 Å². The topological polar surface area (TPSA) is 26.0 Å². The SMILES string of the molecule is NC1CC=C(Cc2ccc(F)cc2Cl)CC1. The van der Waals surface area contributed by atoms with Crippen LogP contribution in [0.25, 0.3) is 0 Å². The fraction of sp³-hybridized carbons (Fsp3) is 0.385. The van der Waals surface area contributed by atoms with Crippen molar-refractivity contribution in [2.75, 3.05) is 0 Å². The average Bonchev–Trinajstić information content (AvgIpc) is 2.25. The van der Waals surface area contributed by atoms with Gasteiger partial charge in [0, 0.05) is 11.1 Å². The van der Waals surface area contributed by atoms with E-state index >= 15 is 0 Å². The highest BCUT2D eigenvalue weighted by Crippen LogP contribution is 2.25. The van der Waals surface area contributed by atoms with E-state index in [1.54, 1.807) is 6.07 Å². The minimum Gasteiger partial charge on any atom is -0.327 e. The summed E-state index contributed by atoms with van der Waals surface area (Å²) in [5.41, 5.74) is 8.17. The molecule has 1 aromatic carbocycles. The first-order chi connectivity index (χ1) is 7.65. The van der Waals surface area contributed by atoms with Gasteiger partial charge in [-0.15, -0.1) is 0 Å². The third-order valence-electron chi connectivity index (χ3n) is 2.98. The van der Waals surface area contributed by atoms with Gasteiger partial charge in [0.2, 0.25) is 0 Å². The number of halogens is 2. The average molecular weight is 240 g/mol. The van der Waals surface area contributed by atoms with Crippen molar-refractivity contribution in [3.8, 4) is 0 Å². The molecule has 3 heteroatoms. The number of nitrogens with two attached hydrogens (primary N) is 1. The Morgan fingerprint density at radius 2 is 2.25 bits per heavy atom. The molecule has 86 valence electrons. The maximum Gasteiger partial charge on any atom is 0.124 e. The van der Waals surface area contributed by atoms with Crippen molar-refractivity contribution in [2.24, 2.45) is 5.73 Å². The summed E-state index contributed by atoms with van der Waals surface area (Å²) < 4.78 is 12.9. The second kappa shape index (κ2) is 4.98. The summed E-state index contributed by atoms with van der Waals surface area (Å²) in [4.78, 5) is 0. The minimum absolute atomic E-state index is 0.284. The molecule has 16 heavy (non-hydrogen) atoms. The van der Waals surface area contributed by atoms with Gasteiger partial charge < -0.3 is 5.73 Å². The molecule has 0 bridgehead atoms. The van der Waals surface area contributed by atoms with Crippen molar-refractivity contribution in [2.45, 2.75) is 31.7 Å². The van der Waals surface area contributed by atoms with Crippen molar-refractivity contribution in [1.82, 2.24) is 0 Å². The van der Waals surface area contributed by atoms with Crippen LogP contribution in [0.2, 0.25) is 5.02 Å². The Bertz CT molecular complexity index is 414. The summed E-state index contributed by atoms with van der Waals surface area (Å²) in [7, 11) is 0. The van der Waals surface area contributed by atoms with Crippen molar-refractivity contribution in [3.63, 3.8) is 0 Å². The fourth-order valence-electron chi connectivity index (χ4n) is 1.98. The summed E-state index contributed by atoms with van der Waals surface area (Å²) in [5, 5.41) is 0.510. The number of hydrogen-bond acceptors (Lipinski definition) is 1. The molecular weight excluding hydrogens is 225 g/mol. The molecule has 2 rings (SSSR count). The Hall–Kier alpha value is -0.860. The van der Waals surface area contributed by atoms with Crippen LogP contribution < -0.4 is 5.73 Å². The zero-order valence-electron chi connectivity index (χ0n) is 9.05. The van der Waals surface area contributed by atoms with Gasteiger partial charge in [-0.25, -0.2) is 4.39 Å². The predicted molar refractivity (Wildman–Crippen MR) is 65.0 cm³/mol. The normalized spacial score (nSPS) is 20.7. The number of hydrogen-bond donors (Lipinski definition) is 1. The Balaban J connectivity index is 2.09. The maximum atomic E-state index is 12.9. The largest absolute Gasteiger partial charge is 0.327 e. The number of benzene rings is 1. The summed E-state index contributed by atoms with van der Waals surface area (Å²) in [6.07, 6.45) is 5.99. The van der Waals surface area contributed by atoms with Gasteiger partial charge in [-0.2, -0.15) is 0 Å². The van der Waals surface area contributed by atoms with Gasteiger partial charge in [0.1, 0.15) is 5.82 Å². The molecule has 1 aliphatic rings. The molecule has 1 nitrogen and oxygen atoms in total. The molecule has 1 atom stereocenters. The van der Waals surface area contributed by atoms with Gasteiger partial charge in [0.15, 0.2) is 0 Å². The minimum atomic E-state index is -0.284. The first-order valence-corrected chi connectivity index (χ1v) is 5.90. The van der Waals surface area contributed by atoms with Crippen LogP contribution in [0.3, 0.4) is 0 Å². The molecule has 1 aliphatic carbocycles. The fourth-order valence-corrected chi connectivity index (χ4v) is 2.21. The molecule has 1 unspecified atom stereocenters. The van der Waals surface area contributed by atoms with Crippen molar-refractivity contribution >= 4 is 11.6 Å². The third kappa shape index (κ3) is 2.83. The Labute approximate surface area is 100 Å². The van der Waals surface area contributed by atoms with Crippen LogP contribution in [-0.2, 0) is 6.42 Å². The van der Waals surface area contributed by atoms with E-state index in [-0.39, 0.29) is 5.82 Å². The monoisotopic (exact) mass is 239 g/mol. The molecule has 0 saturated heterocycles. The van der Waals surface area contributed by atoms with Crippen LogP contribution in [0.1, 0.15) is 24.8 Å². The second-order valence-corrected chi connectivity index (χ2v) is 4.72. The molecule has 0 aromatic heterocycles. The Morgan fingerprint density at radius 3 is 2.88 bits per heavy atom. The lowest BCUT2D eigenvalue weighted by Gasteiger charge is -2.18. The zero-order chi connectivity index (χ0) is 11.5. The molecule has 0 spiro atoms. The summed E-state index contributed by atoms with van der Waals surface area (Å²) in [6.45, 7) is 0. The molecule has 0 aliphatic heterocycles. The summed E-state index contributed by atoms with van der Waals surface area (Å²) in [6, 6.07) is 4.88. The highest BCUT2D eigenvalue weighted by molar-refractivity contribution is 6.31. The van der Waals surface area contributed by atoms with E-state index in [0.29, 0.717) is 11.1 Å². The van der Waals surface area contributed by atoms with Crippen molar-refractivity contribution in [1.29, 1.82) is 0 Å². The van der Waals surface area contributed by atoms with Crippen LogP contribution in [0.15, 0.2) is 29.8 Å². The molecule has 0 amide bonds. The lowest BCUT2D eigenvalue weighted by atomic mass is 9.91. The summed E-state index contributed by atoms with van der Waals surface area (Å²) in [5.74, 6) is -0.284. The Morgan fingerprint density at radius 1 is 1.44 bits per heavy atom. The van der Waals surface area contributed by atoms with Crippen LogP contribution in [0.5, 0.6) is 0 Å². The molecule has 0 fully saturated rings. The maximum absolute atomic E-state index is 12.9. The van der Waals surface area contributed by atoms with Crippen LogP contribution in [-0.4, -0.2) is 6.04 Å². The Kier molecular flexibility index (Phi) is 3.62. The molecule has 0 heterocycles. The van der Waals surface area contributed by atoms with Crippen LogP contribution >= 0.6 is 11.6 Å². The standard InChI is InChI=1S/C13H15ClFN/c14-13-8-11(15)4-3-10(13)7-9-1-5-12(16)6-2-9/h1,3-4,8,12H,2,5-7,16H2. The van der Waals surface area contributed by atoms with E-state index in [1.807, 2.05) is 0 Å². The van der Waals surface area contributed by atoms with Gasteiger partial charge in [-0.3, -0.25) is 0 Å². The highest BCUT2D eigenvalue weighted by atomic mass is 35.5. The number of allylic oxidation sites excluding steroid dienone is 1. The van der Waals surface area contributed by atoms with E-state index < -0.39 is 0 Å². The number of rotatable bonds is 2.